The van der Waals surface area contributed by atoms with Crippen LogP contribution in [0.15, 0.2) is 23.1 Å². The summed E-state index contributed by atoms with van der Waals surface area (Å²) in [6.07, 6.45) is 0. The monoisotopic (exact) mass is 199 g/mol. The minimum Gasteiger partial charge on any atom is -0.373 e. The molecule has 3 heteroatoms. The first-order chi connectivity index (χ1) is 5.77. The smallest absolute Gasteiger partial charge is 0.0503 e. The first-order valence-corrected chi connectivity index (χ1v) is 5.27. The van der Waals surface area contributed by atoms with Crippen LogP contribution in [0.4, 0.5) is 5.69 Å². The fourth-order valence-corrected chi connectivity index (χ4v) is 2.74. The normalized spacial score (nSPS) is 16.0. The molecule has 0 radical (unpaired) electrons. The highest BCUT2D eigenvalue weighted by molar-refractivity contribution is 7.99. The molecule has 1 aliphatic heterocycles. The Hall–Kier alpha value is -0.340. The standard InChI is InChI=1S/C9H10ClNS/c1-11-4-5-12-9-6-7(10)2-3-8(9)11/h2-3,6H,4-5H2,1H3. The van der Waals surface area contributed by atoms with Crippen LogP contribution in [-0.4, -0.2) is 19.3 Å². The number of fused-ring (bicyclic) bond motifs is 1. The molecule has 1 nitrogen and oxygen atoms in total. The van der Waals surface area contributed by atoms with Crippen LogP contribution in [-0.2, 0) is 0 Å². The second-order valence-corrected chi connectivity index (χ2v) is 4.46. The predicted molar refractivity (Wildman–Crippen MR) is 55.4 cm³/mol. The third-order valence-electron chi connectivity index (χ3n) is 2.02. The van der Waals surface area contributed by atoms with E-state index in [1.165, 1.54) is 10.6 Å². The molecule has 12 heavy (non-hydrogen) atoms. The molecule has 0 aromatic heterocycles. The van der Waals surface area contributed by atoms with Gasteiger partial charge in [0.25, 0.3) is 0 Å². The Balaban J connectivity index is 2.46. The minimum atomic E-state index is 0.830. The first-order valence-electron chi connectivity index (χ1n) is 3.91. The van der Waals surface area contributed by atoms with Crippen molar-refractivity contribution in [2.24, 2.45) is 0 Å². The van der Waals surface area contributed by atoms with E-state index in [2.05, 4.69) is 18.0 Å². The molecule has 0 spiro atoms. The van der Waals surface area contributed by atoms with Gasteiger partial charge in [-0.2, -0.15) is 0 Å². The molecule has 0 bridgehead atoms. The number of benzene rings is 1. The van der Waals surface area contributed by atoms with Gasteiger partial charge in [0.05, 0.1) is 5.69 Å². The molecule has 1 heterocycles. The zero-order valence-corrected chi connectivity index (χ0v) is 8.45. The summed E-state index contributed by atoms with van der Waals surface area (Å²) < 4.78 is 0. The van der Waals surface area contributed by atoms with Crippen molar-refractivity contribution in [2.45, 2.75) is 4.90 Å². The van der Waals surface area contributed by atoms with Gasteiger partial charge in [0.1, 0.15) is 0 Å². The van der Waals surface area contributed by atoms with E-state index in [1.54, 1.807) is 0 Å². The van der Waals surface area contributed by atoms with Gasteiger partial charge in [-0.25, -0.2) is 0 Å². The number of nitrogens with zero attached hydrogens (tertiary/aromatic N) is 1. The third kappa shape index (κ3) is 1.41. The van der Waals surface area contributed by atoms with Gasteiger partial charge >= 0.3 is 0 Å². The lowest BCUT2D eigenvalue weighted by Crippen LogP contribution is -2.23. The van der Waals surface area contributed by atoms with Crippen molar-refractivity contribution in [3.8, 4) is 0 Å². The Morgan fingerprint density at radius 2 is 2.33 bits per heavy atom. The Labute approximate surface area is 81.7 Å². The fourth-order valence-electron chi connectivity index (χ4n) is 1.33. The van der Waals surface area contributed by atoms with Gasteiger partial charge in [-0.05, 0) is 18.2 Å². The molecule has 2 rings (SSSR count). The first kappa shape index (κ1) is 8.27. The molecule has 0 saturated heterocycles. The summed E-state index contributed by atoms with van der Waals surface area (Å²) in [7, 11) is 2.12. The van der Waals surface area contributed by atoms with Crippen LogP contribution >= 0.6 is 23.4 Å². The molecular formula is C9H10ClNS. The van der Waals surface area contributed by atoms with Crippen LogP contribution in [0.1, 0.15) is 0 Å². The largest absolute Gasteiger partial charge is 0.373 e. The van der Waals surface area contributed by atoms with Gasteiger partial charge in [0, 0.05) is 29.3 Å². The Morgan fingerprint density at radius 3 is 3.17 bits per heavy atom. The highest BCUT2D eigenvalue weighted by Gasteiger charge is 2.13. The fraction of sp³-hybridized carbons (Fsp3) is 0.333. The molecule has 1 aromatic carbocycles. The SMILES string of the molecule is CN1CCSc2cc(Cl)ccc21. The highest BCUT2D eigenvalue weighted by Crippen LogP contribution is 2.35. The molecular weight excluding hydrogens is 190 g/mol. The lowest BCUT2D eigenvalue weighted by atomic mass is 10.3. The van der Waals surface area contributed by atoms with Gasteiger partial charge in [-0.15, -0.1) is 11.8 Å². The molecule has 0 fully saturated rings. The Morgan fingerprint density at radius 1 is 1.50 bits per heavy atom. The summed E-state index contributed by atoms with van der Waals surface area (Å²) in [5.41, 5.74) is 1.30. The molecule has 1 aromatic rings. The van der Waals surface area contributed by atoms with Gasteiger partial charge in [-0.1, -0.05) is 11.6 Å². The summed E-state index contributed by atoms with van der Waals surface area (Å²) >= 11 is 7.77. The number of rotatable bonds is 0. The van der Waals surface area contributed by atoms with Gasteiger partial charge in [-0.3, -0.25) is 0 Å². The maximum Gasteiger partial charge on any atom is 0.0503 e. The van der Waals surface area contributed by atoms with Crippen LogP contribution in [0.25, 0.3) is 0 Å². The van der Waals surface area contributed by atoms with Crippen molar-refractivity contribution in [3.05, 3.63) is 23.2 Å². The van der Waals surface area contributed by atoms with Crippen LogP contribution in [0, 0.1) is 0 Å². The van der Waals surface area contributed by atoms with Crippen molar-refractivity contribution >= 4 is 29.1 Å². The van der Waals surface area contributed by atoms with Crippen LogP contribution in [0.2, 0.25) is 5.02 Å². The number of hydrogen-bond acceptors (Lipinski definition) is 2. The highest BCUT2D eigenvalue weighted by atomic mass is 35.5. The van der Waals surface area contributed by atoms with Crippen LogP contribution < -0.4 is 4.90 Å². The lowest BCUT2D eigenvalue weighted by Gasteiger charge is -2.26. The molecule has 0 unspecified atom stereocenters. The van der Waals surface area contributed by atoms with E-state index in [1.807, 2.05) is 23.9 Å². The average Bonchev–Trinajstić information content (AvgIpc) is 2.04. The minimum absolute atomic E-state index is 0.830. The van der Waals surface area contributed by atoms with Gasteiger partial charge in [0.15, 0.2) is 0 Å². The third-order valence-corrected chi connectivity index (χ3v) is 3.28. The lowest BCUT2D eigenvalue weighted by molar-refractivity contribution is 0.944. The average molecular weight is 200 g/mol. The molecule has 0 aliphatic carbocycles. The second-order valence-electron chi connectivity index (χ2n) is 2.88. The number of hydrogen-bond donors (Lipinski definition) is 0. The summed E-state index contributed by atoms with van der Waals surface area (Å²) in [6.45, 7) is 1.12. The van der Waals surface area contributed by atoms with E-state index < -0.39 is 0 Å². The van der Waals surface area contributed by atoms with E-state index in [0.29, 0.717) is 0 Å². The predicted octanol–water partition coefficient (Wildman–Crippen LogP) is 2.88. The number of halogens is 1. The number of anilines is 1. The Bertz CT molecular complexity index is 301. The van der Waals surface area contributed by atoms with Crippen LogP contribution in [0.5, 0.6) is 0 Å². The van der Waals surface area contributed by atoms with Gasteiger partial charge < -0.3 is 4.90 Å². The maximum absolute atomic E-state index is 5.89. The molecule has 0 saturated carbocycles. The van der Waals surface area contributed by atoms with E-state index in [0.717, 1.165) is 17.3 Å². The molecule has 0 amide bonds. The summed E-state index contributed by atoms with van der Waals surface area (Å²) in [5.74, 6) is 1.16. The summed E-state index contributed by atoms with van der Waals surface area (Å²) in [6, 6.07) is 6.07. The van der Waals surface area contributed by atoms with Crippen molar-refractivity contribution in [1.82, 2.24) is 0 Å². The summed E-state index contributed by atoms with van der Waals surface area (Å²) in [5, 5.41) is 0.830. The zero-order chi connectivity index (χ0) is 8.55. The van der Waals surface area contributed by atoms with Crippen molar-refractivity contribution in [2.75, 3.05) is 24.2 Å². The molecule has 64 valence electrons. The number of thioether (sulfide) groups is 1. The van der Waals surface area contributed by atoms with E-state index in [4.69, 9.17) is 11.6 Å². The molecule has 1 aliphatic rings. The molecule has 0 N–H and O–H groups in total. The van der Waals surface area contributed by atoms with E-state index in [9.17, 15) is 0 Å². The second kappa shape index (κ2) is 3.19. The Kier molecular flexibility index (Phi) is 2.20. The molecule has 0 atom stereocenters. The van der Waals surface area contributed by atoms with E-state index in [-0.39, 0.29) is 0 Å². The topological polar surface area (TPSA) is 3.24 Å². The quantitative estimate of drug-likeness (QED) is 0.632. The zero-order valence-electron chi connectivity index (χ0n) is 6.88. The van der Waals surface area contributed by atoms with Gasteiger partial charge in [0.2, 0.25) is 0 Å². The summed E-state index contributed by atoms with van der Waals surface area (Å²) in [4.78, 5) is 3.57. The van der Waals surface area contributed by atoms with Crippen molar-refractivity contribution < 1.29 is 0 Å². The van der Waals surface area contributed by atoms with Crippen molar-refractivity contribution in [3.63, 3.8) is 0 Å². The van der Waals surface area contributed by atoms with Crippen LogP contribution in [0.3, 0.4) is 0 Å². The van der Waals surface area contributed by atoms with Crippen molar-refractivity contribution in [1.29, 1.82) is 0 Å². The maximum atomic E-state index is 5.89. The van der Waals surface area contributed by atoms with E-state index >= 15 is 0 Å².